The molecule has 0 bridgehead atoms. The average Bonchev–Trinajstić information content (AvgIpc) is 2.53. The first-order valence-corrected chi connectivity index (χ1v) is 8.12. The summed E-state index contributed by atoms with van der Waals surface area (Å²) in [7, 11) is -0.692. The lowest BCUT2D eigenvalue weighted by Crippen LogP contribution is -2.21. The van der Waals surface area contributed by atoms with Gasteiger partial charge < -0.3 is 4.74 Å². The number of hydrogen-bond acceptors (Lipinski definition) is 4. The first-order valence-electron chi connectivity index (χ1n) is 6.68. The fourth-order valence-corrected chi connectivity index (χ4v) is 2.80. The molecule has 6 heteroatoms. The van der Waals surface area contributed by atoms with Gasteiger partial charge in [-0.05, 0) is 31.2 Å². The quantitative estimate of drug-likeness (QED) is 0.629. The highest BCUT2D eigenvalue weighted by Gasteiger charge is 2.18. The lowest BCUT2D eigenvalue weighted by atomic mass is 10.2. The molecular weight excluding hydrogens is 300 g/mol. The maximum atomic E-state index is 12.4. The molecule has 0 heterocycles. The molecule has 0 N–H and O–H groups in total. The maximum absolute atomic E-state index is 12.4. The standard InChI is InChI=1S/C16H18N2O3S/c1-13-8-10-15(11-9-13)22(19,20)18(2)17-12-14-6-4-5-7-16(14)21-3/h4-12H,1-3H3/b17-12+. The third kappa shape index (κ3) is 3.46. The monoisotopic (exact) mass is 318 g/mol. The van der Waals surface area contributed by atoms with Gasteiger partial charge in [-0.15, -0.1) is 0 Å². The number of rotatable bonds is 5. The van der Waals surface area contributed by atoms with Gasteiger partial charge in [0.2, 0.25) is 0 Å². The van der Waals surface area contributed by atoms with E-state index in [1.165, 1.54) is 13.3 Å². The molecule has 2 aromatic carbocycles. The number of hydrazone groups is 1. The van der Waals surface area contributed by atoms with E-state index in [-0.39, 0.29) is 4.90 Å². The van der Waals surface area contributed by atoms with E-state index < -0.39 is 10.0 Å². The van der Waals surface area contributed by atoms with Crippen molar-refractivity contribution >= 4 is 16.2 Å². The van der Waals surface area contributed by atoms with Crippen LogP contribution < -0.4 is 4.74 Å². The zero-order valence-corrected chi connectivity index (χ0v) is 13.5. The van der Waals surface area contributed by atoms with E-state index in [0.717, 1.165) is 9.98 Å². The van der Waals surface area contributed by atoms with Gasteiger partial charge in [0.25, 0.3) is 10.0 Å². The fraction of sp³-hybridized carbons (Fsp3) is 0.188. The summed E-state index contributed by atoms with van der Waals surface area (Å²) in [6.07, 6.45) is 1.46. The second-order valence-electron chi connectivity index (χ2n) is 4.74. The normalized spacial score (nSPS) is 11.6. The summed E-state index contributed by atoms with van der Waals surface area (Å²) < 4.78 is 31.0. The zero-order chi connectivity index (χ0) is 16.2. The molecule has 116 valence electrons. The van der Waals surface area contributed by atoms with Gasteiger partial charge in [0.15, 0.2) is 0 Å². The predicted octanol–water partition coefficient (Wildman–Crippen LogP) is 2.66. The number of ether oxygens (including phenoxy) is 1. The van der Waals surface area contributed by atoms with Crippen molar-refractivity contribution in [2.75, 3.05) is 14.2 Å². The van der Waals surface area contributed by atoms with Gasteiger partial charge >= 0.3 is 0 Å². The zero-order valence-electron chi connectivity index (χ0n) is 12.7. The van der Waals surface area contributed by atoms with Crippen molar-refractivity contribution in [3.63, 3.8) is 0 Å². The Bertz CT molecular complexity index is 768. The molecule has 0 fully saturated rings. The predicted molar refractivity (Wildman–Crippen MR) is 86.7 cm³/mol. The van der Waals surface area contributed by atoms with Gasteiger partial charge in [0.1, 0.15) is 5.75 Å². The second kappa shape index (κ2) is 6.62. The van der Waals surface area contributed by atoms with E-state index in [1.54, 1.807) is 43.5 Å². The van der Waals surface area contributed by atoms with Gasteiger partial charge in [0, 0.05) is 12.6 Å². The summed E-state index contributed by atoms with van der Waals surface area (Å²) in [6.45, 7) is 1.90. The van der Waals surface area contributed by atoms with Crippen LogP contribution in [0.3, 0.4) is 0 Å². The Kier molecular flexibility index (Phi) is 4.82. The Hall–Kier alpha value is -2.34. The molecule has 2 aromatic rings. The maximum Gasteiger partial charge on any atom is 0.278 e. The van der Waals surface area contributed by atoms with Gasteiger partial charge in [-0.1, -0.05) is 29.8 Å². The van der Waals surface area contributed by atoms with E-state index in [0.29, 0.717) is 11.3 Å². The molecule has 0 aliphatic rings. The first-order chi connectivity index (χ1) is 10.4. The molecule has 0 saturated carbocycles. The number of nitrogens with zero attached hydrogens (tertiary/aromatic N) is 2. The van der Waals surface area contributed by atoms with Crippen molar-refractivity contribution in [3.05, 3.63) is 59.7 Å². The highest BCUT2D eigenvalue weighted by atomic mass is 32.2. The van der Waals surface area contributed by atoms with Crippen molar-refractivity contribution < 1.29 is 13.2 Å². The summed E-state index contributed by atoms with van der Waals surface area (Å²) in [5, 5.41) is 4.01. The molecule has 0 unspecified atom stereocenters. The van der Waals surface area contributed by atoms with E-state index >= 15 is 0 Å². The van der Waals surface area contributed by atoms with Crippen LogP contribution in [0.5, 0.6) is 5.75 Å². The van der Waals surface area contributed by atoms with E-state index in [2.05, 4.69) is 5.10 Å². The molecule has 5 nitrogen and oxygen atoms in total. The summed E-state index contributed by atoms with van der Waals surface area (Å²) >= 11 is 0. The first kappa shape index (κ1) is 16.0. The van der Waals surface area contributed by atoms with Gasteiger partial charge in [-0.2, -0.15) is 17.9 Å². The molecule has 0 saturated heterocycles. The van der Waals surface area contributed by atoms with Crippen LogP contribution in [0.1, 0.15) is 11.1 Å². The van der Waals surface area contributed by atoms with Crippen molar-refractivity contribution in [1.82, 2.24) is 4.41 Å². The van der Waals surface area contributed by atoms with Gasteiger partial charge in [-0.25, -0.2) is 0 Å². The van der Waals surface area contributed by atoms with Gasteiger partial charge in [-0.3, -0.25) is 0 Å². The summed E-state index contributed by atoms with van der Waals surface area (Å²) in [5.41, 5.74) is 1.70. The van der Waals surface area contributed by atoms with Crippen LogP contribution in [-0.2, 0) is 10.0 Å². The van der Waals surface area contributed by atoms with Crippen molar-refractivity contribution in [3.8, 4) is 5.75 Å². The molecule has 0 aliphatic heterocycles. The van der Waals surface area contributed by atoms with Crippen LogP contribution in [0.4, 0.5) is 0 Å². The lowest BCUT2D eigenvalue weighted by Gasteiger charge is -2.14. The second-order valence-corrected chi connectivity index (χ2v) is 6.69. The minimum absolute atomic E-state index is 0.206. The number of hydrogen-bond donors (Lipinski definition) is 0. The third-order valence-corrected chi connectivity index (χ3v) is 4.82. The summed E-state index contributed by atoms with van der Waals surface area (Å²) in [6, 6.07) is 13.9. The number of para-hydroxylation sites is 1. The highest BCUT2D eigenvalue weighted by Crippen LogP contribution is 2.17. The van der Waals surface area contributed by atoms with Crippen molar-refractivity contribution in [2.24, 2.45) is 5.10 Å². The van der Waals surface area contributed by atoms with Crippen molar-refractivity contribution in [2.45, 2.75) is 11.8 Å². The molecule has 2 rings (SSSR count). The Morgan fingerprint density at radius 1 is 1.09 bits per heavy atom. The SMILES string of the molecule is COc1ccccc1/C=N/N(C)S(=O)(=O)c1ccc(C)cc1. The van der Waals surface area contributed by atoms with Crippen LogP contribution in [0.2, 0.25) is 0 Å². The van der Waals surface area contributed by atoms with Crippen LogP contribution in [-0.4, -0.2) is 33.2 Å². The molecule has 0 amide bonds. The Morgan fingerprint density at radius 3 is 2.36 bits per heavy atom. The average molecular weight is 318 g/mol. The molecule has 0 spiro atoms. The third-order valence-electron chi connectivity index (χ3n) is 3.17. The smallest absolute Gasteiger partial charge is 0.278 e. The van der Waals surface area contributed by atoms with Crippen LogP contribution in [0, 0.1) is 6.92 Å². The Labute approximate surface area is 130 Å². The largest absolute Gasteiger partial charge is 0.496 e. The highest BCUT2D eigenvalue weighted by molar-refractivity contribution is 7.89. The van der Waals surface area contributed by atoms with Crippen molar-refractivity contribution in [1.29, 1.82) is 0 Å². The fourth-order valence-electron chi connectivity index (χ4n) is 1.84. The molecule has 0 atom stereocenters. The Morgan fingerprint density at radius 2 is 1.73 bits per heavy atom. The number of sulfonamides is 1. The molecule has 0 radical (unpaired) electrons. The lowest BCUT2D eigenvalue weighted by molar-refractivity contribution is 0.414. The van der Waals surface area contributed by atoms with E-state index in [9.17, 15) is 8.42 Å². The molecular formula is C16H18N2O3S. The Balaban J connectivity index is 2.25. The summed E-state index contributed by atoms with van der Waals surface area (Å²) in [4.78, 5) is 0.206. The number of aryl methyl sites for hydroxylation is 1. The molecule has 0 aliphatic carbocycles. The summed E-state index contributed by atoms with van der Waals surface area (Å²) in [5.74, 6) is 0.632. The van der Waals surface area contributed by atoms with Gasteiger partial charge in [0.05, 0.1) is 18.2 Å². The molecule has 22 heavy (non-hydrogen) atoms. The minimum atomic E-state index is -3.65. The van der Waals surface area contributed by atoms with Crippen LogP contribution in [0.15, 0.2) is 58.5 Å². The number of methoxy groups -OCH3 is 1. The van der Waals surface area contributed by atoms with Crippen LogP contribution in [0.25, 0.3) is 0 Å². The van der Waals surface area contributed by atoms with E-state index in [1.807, 2.05) is 19.1 Å². The van der Waals surface area contributed by atoms with E-state index in [4.69, 9.17) is 4.74 Å². The topological polar surface area (TPSA) is 59.0 Å². The number of benzene rings is 2. The van der Waals surface area contributed by atoms with Crippen LogP contribution >= 0.6 is 0 Å². The molecule has 0 aromatic heterocycles. The minimum Gasteiger partial charge on any atom is -0.496 e.